The summed E-state index contributed by atoms with van der Waals surface area (Å²) < 4.78 is 1.36. The van der Waals surface area contributed by atoms with E-state index in [1.165, 1.54) is 11.0 Å². The van der Waals surface area contributed by atoms with Crippen LogP contribution >= 0.6 is 47.2 Å². The van der Waals surface area contributed by atoms with Crippen molar-refractivity contribution in [3.8, 4) is 0 Å². The highest BCUT2D eigenvalue weighted by Gasteiger charge is 2.33. The van der Waals surface area contributed by atoms with Gasteiger partial charge >= 0.3 is 0 Å². The fourth-order valence-electron chi connectivity index (χ4n) is 2.73. The van der Waals surface area contributed by atoms with Gasteiger partial charge in [-0.05, 0) is 43.7 Å². The first-order valence-electron chi connectivity index (χ1n) is 8.37. The van der Waals surface area contributed by atoms with Crippen LogP contribution in [0.4, 0.5) is 0 Å². The predicted octanol–water partition coefficient (Wildman–Crippen LogP) is 3.74. The second kappa shape index (κ2) is 8.71. The van der Waals surface area contributed by atoms with Crippen molar-refractivity contribution < 1.29 is 9.59 Å². The highest BCUT2D eigenvalue weighted by molar-refractivity contribution is 8.26. The highest BCUT2D eigenvalue weighted by Crippen LogP contribution is 2.35. The Balaban J connectivity index is 1.78. The molecular formula is C19H15Cl2N3O3S2. The Morgan fingerprint density at radius 3 is 2.48 bits per heavy atom. The van der Waals surface area contributed by atoms with Gasteiger partial charge in [0.05, 0.1) is 4.91 Å². The molecule has 1 aliphatic rings. The minimum absolute atomic E-state index is 0.229. The summed E-state index contributed by atoms with van der Waals surface area (Å²) in [4.78, 5) is 38.7. The number of hydrogen-bond donors (Lipinski definition) is 1. The van der Waals surface area contributed by atoms with Crippen molar-refractivity contribution in [2.75, 3.05) is 12.0 Å². The van der Waals surface area contributed by atoms with Crippen molar-refractivity contribution in [3.05, 3.63) is 72.5 Å². The van der Waals surface area contributed by atoms with E-state index in [9.17, 15) is 14.4 Å². The van der Waals surface area contributed by atoms with Crippen LogP contribution in [0.1, 0.15) is 16.8 Å². The molecular weight excluding hydrogens is 453 g/mol. The van der Waals surface area contributed by atoms with Gasteiger partial charge in [0.1, 0.15) is 10.9 Å². The summed E-state index contributed by atoms with van der Waals surface area (Å²) >= 11 is 18.6. The van der Waals surface area contributed by atoms with E-state index in [-0.39, 0.29) is 16.4 Å². The summed E-state index contributed by atoms with van der Waals surface area (Å²) in [6.45, 7) is 3.17. The van der Waals surface area contributed by atoms with Crippen LogP contribution in [0.15, 0.2) is 40.0 Å². The van der Waals surface area contributed by atoms with Crippen molar-refractivity contribution in [1.29, 1.82) is 0 Å². The normalized spacial score (nSPS) is 15.3. The zero-order chi connectivity index (χ0) is 21.3. The van der Waals surface area contributed by atoms with Crippen molar-refractivity contribution in [2.24, 2.45) is 0 Å². The number of aryl methyl sites for hydroxylation is 2. The van der Waals surface area contributed by atoms with Crippen molar-refractivity contribution >= 4 is 69.4 Å². The van der Waals surface area contributed by atoms with Crippen LogP contribution in [0.3, 0.4) is 0 Å². The molecule has 0 spiro atoms. The van der Waals surface area contributed by atoms with E-state index in [0.29, 0.717) is 26.2 Å². The largest absolute Gasteiger partial charge is 0.283 e. The first-order chi connectivity index (χ1) is 13.7. The number of amides is 2. The van der Waals surface area contributed by atoms with E-state index >= 15 is 0 Å². The number of carbonyl (C=O) groups excluding carboxylic acids is 2. The predicted molar refractivity (Wildman–Crippen MR) is 121 cm³/mol. The number of carbonyl (C=O) groups is 2. The average Bonchev–Trinajstić information content (AvgIpc) is 2.89. The van der Waals surface area contributed by atoms with Crippen LogP contribution in [0.25, 0.3) is 6.08 Å². The quantitative estimate of drug-likeness (QED) is 0.547. The molecule has 150 valence electrons. The molecule has 0 unspecified atom stereocenters. The maximum atomic E-state index is 12.7. The van der Waals surface area contributed by atoms with Gasteiger partial charge in [-0.25, -0.2) is 4.68 Å². The standard InChI is InChI=1S/C19H15Cl2N3O3S2/c1-10-6-11(2)24(17(26)7-10)22-16(25)9-23-18(27)15(29-19(23)28)8-12-13(20)4-3-5-14(12)21/h3-8H,9H2,1-2H3,(H,22,25)/b15-8-. The Kier molecular flexibility index (Phi) is 6.48. The molecule has 1 saturated heterocycles. The number of thioether (sulfide) groups is 1. The summed E-state index contributed by atoms with van der Waals surface area (Å²) in [5.41, 5.74) is 3.99. The molecule has 29 heavy (non-hydrogen) atoms. The topological polar surface area (TPSA) is 71.4 Å². The number of pyridine rings is 1. The first kappa shape index (κ1) is 21.6. The molecule has 3 rings (SSSR count). The number of benzene rings is 1. The van der Waals surface area contributed by atoms with E-state index in [0.717, 1.165) is 22.0 Å². The molecule has 1 aliphatic heterocycles. The lowest BCUT2D eigenvalue weighted by Gasteiger charge is -2.16. The maximum Gasteiger partial charge on any atom is 0.269 e. The molecule has 0 saturated carbocycles. The third-order valence-electron chi connectivity index (χ3n) is 4.05. The molecule has 6 nitrogen and oxygen atoms in total. The van der Waals surface area contributed by atoms with Gasteiger partial charge in [0.15, 0.2) is 0 Å². The number of thiocarbonyl (C=S) groups is 1. The molecule has 1 fully saturated rings. The molecule has 10 heteroatoms. The lowest BCUT2D eigenvalue weighted by Crippen LogP contribution is -2.42. The van der Waals surface area contributed by atoms with E-state index in [1.807, 2.05) is 0 Å². The summed E-state index contributed by atoms with van der Waals surface area (Å²) in [6, 6.07) is 8.19. The Morgan fingerprint density at radius 1 is 1.21 bits per heavy atom. The van der Waals surface area contributed by atoms with Gasteiger partial charge in [-0.2, -0.15) is 0 Å². The minimum atomic E-state index is -0.549. The average molecular weight is 468 g/mol. The third kappa shape index (κ3) is 4.72. The van der Waals surface area contributed by atoms with Crippen LogP contribution in [0, 0.1) is 13.8 Å². The smallest absolute Gasteiger partial charge is 0.269 e. The number of halogens is 2. The maximum absolute atomic E-state index is 12.7. The first-order valence-corrected chi connectivity index (χ1v) is 10.3. The molecule has 0 aliphatic carbocycles. The lowest BCUT2D eigenvalue weighted by molar-refractivity contribution is -0.126. The highest BCUT2D eigenvalue weighted by atomic mass is 35.5. The fraction of sp³-hybridized carbons (Fsp3) is 0.158. The zero-order valence-corrected chi connectivity index (χ0v) is 18.5. The van der Waals surface area contributed by atoms with Gasteiger partial charge in [-0.15, -0.1) is 0 Å². The lowest BCUT2D eigenvalue weighted by atomic mass is 10.2. The number of nitrogens with one attached hydrogen (secondary N) is 1. The van der Waals surface area contributed by atoms with Gasteiger partial charge in [-0.1, -0.05) is 53.2 Å². The summed E-state index contributed by atoms with van der Waals surface area (Å²) in [7, 11) is 0. The Bertz CT molecular complexity index is 1110. The molecule has 1 N–H and O–H groups in total. The Hall–Kier alpha value is -2.13. The number of aromatic nitrogens is 1. The van der Waals surface area contributed by atoms with E-state index in [4.69, 9.17) is 35.4 Å². The second-order valence-electron chi connectivity index (χ2n) is 6.29. The minimum Gasteiger partial charge on any atom is -0.283 e. The molecule has 1 aromatic heterocycles. The van der Waals surface area contributed by atoms with Crippen LogP contribution in [0.5, 0.6) is 0 Å². The Morgan fingerprint density at radius 2 is 1.86 bits per heavy atom. The molecule has 0 bridgehead atoms. The summed E-state index contributed by atoms with van der Waals surface area (Å²) in [5.74, 6) is -0.980. The molecule has 2 heterocycles. The molecule has 2 aromatic rings. The van der Waals surface area contributed by atoms with Crippen molar-refractivity contribution in [3.63, 3.8) is 0 Å². The summed E-state index contributed by atoms with van der Waals surface area (Å²) in [5, 5.41) is 0.796. The van der Waals surface area contributed by atoms with E-state index < -0.39 is 11.8 Å². The second-order valence-corrected chi connectivity index (χ2v) is 8.78. The van der Waals surface area contributed by atoms with Crippen LogP contribution < -0.4 is 11.0 Å². The van der Waals surface area contributed by atoms with Crippen LogP contribution in [0.2, 0.25) is 10.0 Å². The molecule has 0 radical (unpaired) electrons. The van der Waals surface area contributed by atoms with Gasteiger partial charge in [-0.3, -0.25) is 24.7 Å². The van der Waals surface area contributed by atoms with Crippen LogP contribution in [-0.2, 0) is 9.59 Å². The third-order valence-corrected chi connectivity index (χ3v) is 6.08. The van der Waals surface area contributed by atoms with Gasteiger partial charge < -0.3 is 0 Å². The van der Waals surface area contributed by atoms with E-state index in [2.05, 4.69) is 5.43 Å². The van der Waals surface area contributed by atoms with E-state index in [1.54, 1.807) is 44.2 Å². The van der Waals surface area contributed by atoms with Crippen molar-refractivity contribution in [2.45, 2.75) is 13.8 Å². The fourth-order valence-corrected chi connectivity index (χ4v) is 4.48. The SMILES string of the molecule is Cc1cc(C)n(NC(=O)CN2C(=O)/C(=C/c3c(Cl)cccc3Cl)SC2=S)c(=O)c1. The molecule has 1 aromatic carbocycles. The number of nitrogens with zero attached hydrogens (tertiary/aromatic N) is 2. The summed E-state index contributed by atoms with van der Waals surface area (Å²) in [6.07, 6.45) is 1.55. The van der Waals surface area contributed by atoms with Gasteiger partial charge in [0.25, 0.3) is 17.4 Å². The van der Waals surface area contributed by atoms with Crippen LogP contribution in [-0.4, -0.2) is 32.3 Å². The number of rotatable bonds is 4. The molecule has 2 amide bonds. The van der Waals surface area contributed by atoms with Gasteiger partial charge in [0, 0.05) is 27.4 Å². The monoisotopic (exact) mass is 467 g/mol. The Labute approximate surface area is 186 Å². The van der Waals surface area contributed by atoms with Crippen molar-refractivity contribution in [1.82, 2.24) is 9.58 Å². The number of hydrogen-bond acceptors (Lipinski definition) is 5. The molecule has 0 atom stereocenters. The van der Waals surface area contributed by atoms with Gasteiger partial charge in [0.2, 0.25) is 0 Å². The zero-order valence-electron chi connectivity index (χ0n) is 15.4.